The summed E-state index contributed by atoms with van der Waals surface area (Å²) in [6.45, 7) is 15.8. The summed E-state index contributed by atoms with van der Waals surface area (Å²) in [5, 5.41) is 0. The van der Waals surface area contributed by atoms with E-state index in [4.69, 9.17) is 0 Å². The van der Waals surface area contributed by atoms with Crippen molar-refractivity contribution in [2.24, 2.45) is 5.41 Å². The van der Waals surface area contributed by atoms with E-state index in [0.29, 0.717) is 11.0 Å². The zero-order valence-electron chi connectivity index (χ0n) is 23.7. The first kappa shape index (κ1) is 34.8. The minimum absolute atomic E-state index is 0. The van der Waals surface area contributed by atoms with Gasteiger partial charge in [0.2, 0.25) is 0 Å². The molecule has 0 fully saturated rings. The van der Waals surface area contributed by atoms with Crippen molar-refractivity contribution in [3.8, 4) is 0 Å². The van der Waals surface area contributed by atoms with Gasteiger partial charge in [0.1, 0.15) is 0 Å². The molecular weight excluding hydrogens is 470 g/mol. The highest BCUT2D eigenvalue weighted by molar-refractivity contribution is 8.93. The predicted molar refractivity (Wildman–Crippen MR) is 159 cm³/mol. The van der Waals surface area contributed by atoms with Crippen LogP contribution in [0.5, 0.6) is 0 Å². The second kappa shape index (κ2) is 22.1. The Morgan fingerprint density at radius 1 is 0.531 bits per heavy atom. The molecule has 0 unspecified atom stereocenters. The summed E-state index contributed by atoms with van der Waals surface area (Å²) in [7, 11) is 1.20. The molecule has 0 spiro atoms. The zero-order chi connectivity index (χ0) is 23.4. The van der Waals surface area contributed by atoms with Crippen molar-refractivity contribution in [2.75, 3.05) is 6.54 Å². The van der Waals surface area contributed by atoms with Crippen LogP contribution >= 0.6 is 17.0 Å². The molecular formula is C29H64BrNSi. The SMILES string of the molecule is Br.CCCCCCCCCCCCCCCCCCN([SiH3])C(C)(C)CC(CC)(CC)CC. The monoisotopic (exact) mass is 533 g/mol. The van der Waals surface area contributed by atoms with Crippen LogP contribution in [0.4, 0.5) is 0 Å². The van der Waals surface area contributed by atoms with Crippen LogP contribution in [0, 0.1) is 5.41 Å². The zero-order valence-corrected chi connectivity index (χ0v) is 27.4. The highest BCUT2D eigenvalue weighted by Gasteiger charge is 2.34. The summed E-state index contributed by atoms with van der Waals surface area (Å²) in [6.07, 6.45) is 28.7. The molecule has 0 N–H and O–H groups in total. The number of halogens is 1. The largest absolute Gasteiger partial charge is 0.327 e. The molecule has 0 aliphatic rings. The van der Waals surface area contributed by atoms with Crippen molar-refractivity contribution in [2.45, 2.75) is 175 Å². The quantitative estimate of drug-likeness (QED) is 0.0931. The lowest BCUT2D eigenvalue weighted by atomic mass is 9.71. The van der Waals surface area contributed by atoms with Crippen molar-refractivity contribution in [1.29, 1.82) is 0 Å². The highest BCUT2D eigenvalue weighted by Crippen LogP contribution is 2.40. The highest BCUT2D eigenvalue weighted by atomic mass is 79.9. The van der Waals surface area contributed by atoms with E-state index in [2.05, 4.69) is 46.1 Å². The van der Waals surface area contributed by atoms with Crippen molar-refractivity contribution >= 4 is 27.4 Å². The van der Waals surface area contributed by atoms with Crippen molar-refractivity contribution in [3.05, 3.63) is 0 Å². The Labute approximate surface area is 218 Å². The summed E-state index contributed by atoms with van der Waals surface area (Å²) < 4.78 is 2.78. The Bertz CT molecular complexity index is 373. The van der Waals surface area contributed by atoms with Gasteiger partial charge in [-0.1, -0.05) is 143 Å². The summed E-state index contributed by atoms with van der Waals surface area (Å²) in [6, 6.07) is 0. The summed E-state index contributed by atoms with van der Waals surface area (Å²) in [4.78, 5) is 0. The maximum Gasteiger partial charge on any atom is 0.0791 e. The topological polar surface area (TPSA) is 3.24 Å². The smallest absolute Gasteiger partial charge is 0.0791 e. The molecule has 0 radical (unpaired) electrons. The van der Waals surface area contributed by atoms with Gasteiger partial charge >= 0.3 is 0 Å². The van der Waals surface area contributed by atoms with Gasteiger partial charge in [-0.2, -0.15) is 0 Å². The van der Waals surface area contributed by atoms with E-state index in [0.717, 1.165) is 0 Å². The average Bonchev–Trinajstić information content (AvgIpc) is 2.77. The summed E-state index contributed by atoms with van der Waals surface area (Å²) in [5.41, 5.74) is 0.935. The molecule has 196 valence electrons. The van der Waals surface area contributed by atoms with E-state index < -0.39 is 0 Å². The van der Waals surface area contributed by atoms with Gasteiger partial charge in [-0.05, 0) is 38.6 Å². The van der Waals surface area contributed by atoms with E-state index in [-0.39, 0.29) is 17.0 Å². The third-order valence-corrected chi connectivity index (χ3v) is 10.1. The van der Waals surface area contributed by atoms with Crippen molar-refractivity contribution < 1.29 is 0 Å². The first-order valence-electron chi connectivity index (χ1n) is 14.6. The lowest BCUT2D eigenvalue weighted by molar-refractivity contribution is 0.109. The Kier molecular flexibility index (Phi) is 24.1. The molecule has 0 heterocycles. The van der Waals surface area contributed by atoms with Crippen LogP contribution in [0.3, 0.4) is 0 Å². The fourth-order valence-corrected chi connectivity index (χ4v) is 5.85. The fourth-order valence-electron chi connectivity index (χ4n) is 5.38. The minimum Gasteiger partial charge on any atom is -0.327 e. The maximum absolute atomic E-state index is 2.78. The Morgan fingerprint density at radius 2 is 0.844 bits per heavy atom. The average molecular weight is 535 g/mol. The van der Waals surface area contributed by atoms with Gasteiger partial charge in [-0.15, -0.1) is 17.0 Å². The van der Waals surface area contributed by atoms with Crippen molar-refractivity contribution in [1.82, 2.24) is 4.57 Å². The molecule has 0 aliphatic carbocycles. The van der Waals surface area contributed by atoms with Crippen LogP contribution in [-0.4, -0.2) is 27.1 Å². The molecule has 1 nitrogen and oxygen atoms in total. The minimum atomic E-state index is 0. The van der Waals surface area contributed by atoms with Gasteiger partial charge in [-0.3, -0.25) is 0 Å². The van der Waals surface area contributed by atoms with E-state index in [1.807, 2.05) is 0 Å². The number of nitrogens with zero attached hydrogens (tertiary/aromatic N) is 1. The van der Waals surface area contributed by atoms with E-state index in [1.54, 1.807) is 0 Å². The third-order valence-electron chi connectivity index (χ3n) is 8.44. The molecule has 0 aliphatic heterocycles. The number of unbranched alkanes of at least 4 members (excludes halogenated alkanes) is 15. The molecule has 3 heteroatoms. The standard InChI is InChI=1S/C29H63NSi.BrH/c1-7-11-12-13-14-15-16-17-18-19-20-21-22-23-24-25-26-30(31)28(5,6)27-29(8-2,9-3)10-4;/h7-27H2,1-6,31H3;1H. The number of rotatable bonds is 23. The van der Waals surface area contributed by atoms with Crippen LogP contribution in [-0.2, 0) is 0 Å². The van der Waals surface area contributed by atoms with E-state index >= 15 is 0 Å². The first-order chi connectivity index (χ1) is 14.9. The summed E-state index contributed by atoms with van der Waals surface area (Å²) >= 11 is 0. The summed E-state index contributed by atoms with van der Waals surface area (Å²) in [5.74, 6) is 0. The Morgan fingerprint density at radius 3 is 1.16 bits per heavy atom. The van der Waals surface area contributed by atoms with Crippen LogP contribution < -0.4 is 0 Å². The molecule has 0 bridgehead atoms. The fraction of sp³-hybridized carbons (Fsp3) is 1.00. The van der Waals surface area contributed by atoms with E-state index in [9.17, 15) is 0 Å². The van der Waals surface area contributed by atoms with Crippen LogP contribution in [0.15, 0.2) is 0 Å². The van der Waals surface area contributed by atoms with Crippen molar-refractivity contribution in [3.63, 3.8) is 0 Å². The van der Waals surface area contributed by atoms with Gasteiger partial charge in [0.05, 0.1) is 10.4 Å². The number of hydrogen-bond acceptors (Lipinski definition) is 1. The van der Waals surface area contributed by atoms with Gasteiger partial charge in [0.15, 0.2) is 0 Å². The lowest BCUT2D eigenvalue weighted by Crippen LogP contribution is -2.46. The first-order valence-corrected chi connectivity index (χ1v) is 15.5. The van der Waals surface area contributed by atoms with Crippen LogP contribution in [0.1, 0.15) is 170 Å². The predicted octanol–water partition coefficient (Wildman–Crippen LogP) is 9.79. The molecule has 0 rings (SSSR count). The van der Waals surface area contributed by atoms with Crippen LogP contribution in [0.25, 0.3) is 0 Å². The molecule has 32 heavy (non-hydrogen) atoms. The molecule has 0 amide bonds. The van der Waals surface area contributed by atoms with E-state index in [1.165, 1.54) is 145 Å². The van der Waals surface area contributed by atoms with Gasteiger partial charge < -0.3 is 4.57 Å². The van der Waals surface area contributed by atoms with Gasteiger partial charge in [0, 0.05) is 5.54 Å². The maximum atomic E-state index is 2.78. The van der Waals surface area contributed by atoms with Gasteiger partial charge in [-0.25, -0.2) is 0 Å². The second-order valence-electron chi connectivity index (χ2n) is 11.3. The number of hydrogen-bond donors (Lipinski definition) is 0. The molecule has 0 saturated heterocycles. The normalized spacial score (nSPS) is 12.5. The van der Waals surface area contributed by atoms with Crippen LogP contribution in [0.2, 0.25) is 0 Å². The Hall–Kier alpha value is 0.657. The lowest BCUT2D eigenvalue weighted by Gasteiger charge is -2.44. The molecule has 0 aromatic rings. The molecule has 0 aromatic carbocycles. The Balaban J connectivity index is 0. The molecule has 0 aromatic heterocycles. The molecule has 0 saturated carbocycles. The van der Waals surface area contributed by atoms with Gasteiger partial charge in [0.25, 0.3) is 0 Å². The second-order valence-corrected chi connectivity index (χ2v) is 12.4. The molecule has 0 atom stereocenters. The third kappa shape index (κ3) is 17.1.